The molecule has 2 amide bonds. The van der Waals surface area contributed by atoms with E-state index in [1.54, 1.807) is 10.6 Å². The molecule has 0 radical (unpaired) electrons. The summed E-state index contributed by atoms with van der Waals surface area (Å²) in [6.45, 7) is 2.16. The van der Waals surface area contributed by atoms with Crippen LogP contribution in [0.25, 0.3) is 0 Å². The number of rotatable bonds is 4. The second kappa shape index (κ2) is 6.79. The van der Waals surface area contributed by atoms with Crippen molar-refractivity contribution in [2.45, 2.75) is 19.6 Å². The van der Waals surface area contributed by atoms with Crippen LogP contribution in [0.5, 0.6) is 0 Å². The third-order valence-electron chi connectivity index (χ3n) is 4.91. The van der Waals surface area contributed by atoms with Gasteiger partial charge in [-0.2, -0.15) is 0 Å². The van der Waals surface area contributed by atoms with E-state index in [9.17, 15) is 9.59 Å². The van der Waals surface area contributed by atoms with Crippen LogP contribution in [0, 0.1) is 0 Å². The molecule has 27 heavy (non-hydrogen) atoms. The summed E-state index contributed by atoms with van der Waals surface area (Å²) < 4.78 is 5.66. The molecule has 0 spiro atoms. The number of aromatic nitrogens is 4. The zero-order valence-corrected chi connectivity index (χ0v) is 15.4. The number of hydrogen-bond donors (Lipinski definition) is 1. The van der Waals surface area contributed by atoms with Gasteiger partial charge < -0.3 is 23.9 Å². The number of nitrogens with zero attached hydrogens (tertiary/aromatic N) is 5. The number of aryl methyl sites for hydroxylation is 2. The highest BCUT2D eigenvalue weighted by Gasteiger charge is 2.24. The molecule has 0 aromatic carbocycles. The topological polar surface area (TPSA) is 77.1 Å². The molecular formula is C19H22N6O2. The molecular weight excluding hydrogens is 344 g/mol. The van der Waals surface area contributed by atoms with Crippen molar-refractivity contribution < 1.29 is 9.59 Å². The van der Waals surface area contributed by atoms with Gasteiger partial charge in [-0.15, -0.1) is 0 Å². The molecule has 8 nitrogen and oxygen atoms in total. The molecule has 3 aromatic rings. The van der Waals surface area contributed by atoms with Gasteiger partial charge in [0, 0.05) is 45.8 Å². The van der Waals surface area contributed by atoms with Crippen molar-refractivity contribution in [2.75, 3.05) is 6.54 Å². The minimum absolute atomic E-state index is 0.00955. The Labute approximate surface area is 157 Å². The van der Waals surface area contributed by atoms with Crippen LogP contribution in [-0.4, -0.2) is 41.9 Å². The number of hydrogen-bond acceptors (Lipinski definition) is 3. The summed E-state index contributed by atoms with van der Waals surface area (Å²) in [7, 11) is 3.70. The van der Waals surface area contributed by atoms with Gasteiger partial charge in [-0.1, -0.05) is 0 Å². The summed E-state index contributed by atoms with van der Waals surface area (Å²) in [5.41, 5.74) is 2.07. The third kappa shape index (κ3) is 3.25. The van der Waals surface area contributed by atoms with Gasteiger partial charge in [0.2, 0.25) is 0 Å². The first-order valence-electron chi connectivity index (χ1n) is 8.88. The number of imidazole rings is 1. The minimum atomic E-state index is -0.131. The SMILES string of the molecule is Cn1cccc1C(=O)NCc1cn2c(n1)CN(C(=O)c1cccn1C)CC2. The van der Waals surface area contributed by atoms with E-state index in [-0.39, 0.29) is 11.8 Å². The van der Waals surface area contributed by atoms with Crippen LogP contribution < -0.4 is 5.32 Å². The quantitative estimate of drug-likeness (QED) is 0.752. The van der Waals surface area contributed by atoms with Crippen LogP contribution in [0.1, 0.15) is 32.5 Å². The van der Waals surface area contributed by atoms with Crippen LogP contribution in [0.3, 0.4) is 0 Å². The van der Waals surface area contributed by atoms with Crippen molar-refractivity contribution in [3.8, 4) is 0 Å². The second-order valence-electron chi connectivity index (χ2n) is 6.76. The van der Waals surface area contributed by atoms with E-state index in [0.29, 0.717) is 37.6 Å². The van der Waals surface area contributed by atoms with Gasteiger partial charge in [-0.05, 0) is 24.3 Å². The van der Waals surface area contributed by atoms with Crippen molar-refractivity contribution in [2.24, 2.45) is 14.1 Å². The lowest BCUT2D eigenvalue weighted by molar-refractivity contribution is 0.0697. The Hall–Kier alpha value is -3.29. The third-order valence-corrected chi connectivity index (χ3v) is 4.91. The Kier molecular flexibility index (Phi) is 4.31. The molecule has 8 heteroatoms. The Bertz CT molecular complexity index is 996. The smallest absolute Gasteiger partial charge is 0.270 e. The highest BCUT2D eigenvalue weighted by molar-refractivity contribution is 5.93. The zero-order chi connectivity index (χ0) is 19.0. The average molecular weight is 366 g/mol. The Balaban J connectivity index is 1.41. The largest absolute Gasteiger partial charge is 0.347 e. The summed E-state index contributed by atoms with van der Waals surface area (Å²) in [6, 6.07) is 7.31. The standard InChI is InChI=1S/C19H22N6O2/c1-22-7-3-5-15(22)18(26)20-11-14-12-24-9-10-25(13-17(24)21-14)19(27)16-6-4-8-23(16)2/h3-8,12H,9-11,13H2,1-2H3,(H,20,26). The number of nitrogens with one attached hydrogen (secondary N) is 1. The number of fused-ring (bicyclic) bond motifs is 1. The van der Waals surface area contributed by atoms with Gasteiger partial charge in [0.15, 0.2) is 0 Å². The minimum Gasteiger partial charge on any atom is -0.347 e. The van der Waals surface area contributed by atoms with Crippen molar-refractivity contribution in [3.05, 3.63) is 65.8 Å². The predicted octanol–water partition coefficient (Wildman–Crippen LogP) is 1.15. The number of carbonyl (C=O) groups is 2. The molecule has 1 aliphatic heterocycles. The Morgan fingerprint density at radius 2 is 1.78 bits per heavy atom. The molecule has 4 heterocycles. The van der Waals surface area contributed by atoms with E-state index in [1.165, 1.54) is 0 Å². The predicted molar refractivity (Wildman–Crippen MR) is 99.0 cm³/mol. The summed E-state index contributed by atoms with van der Waals surface area (Å²) in [5, 5.41) is 2.90. The molecule has 3 aromatic heterocycles. The molecule has 0 atom stereocenters. The van der Waals surface area contributed by atoms with E-state index in [1.807, 2.05) is 60.4 Å². The van der Waals surface area contributed by atoms with Crippen molar-refractivity contribution >= 4 is 11.8 Å². The van der Waals surface area contributed by atoms with Gasteiger partial charge >= 0.3 is 0 Å². The maximum absolute atomic E-state index is 12.7. The van der Waals surface area contributed by atoms with Crippen molar-refractivity contribution in [1.29, 1.82) is 0 Å². The van der Waals surface area contributed by atoms with Crippen LogP contribution >= 0.6 is 0 Å². The molecule has 1 N–H and O–H groups in total. The summed E-state index contributed by atoms with van der Waals surface area (Å²) in [4.78, 5) is 31.3. The first-order chi connectivity index (χ1) is 13.0. The molecule has 1 aliphatic rings. The van der Waals surface area contributed by atoms with Crippen molar-refractivity contribution in [3.63, 3.8) is 0 Å². The van der Waals surface area contributed by atoms with E-state index in [4.69, 9.17) is 0 Å². The molecule has 0 bridgehead atoms. The van der Waals surface area contributed by atoms with E-state index >= 15 is 0 Å². The van der Waals surface area contributed by atoms with Gasteiger partial charge in [0.05, 0.1) is 18.8 Å². The fourth-order valence-electron chi connectivity index (χ4n) is 3.37. The maximum atomic E-state index is 12.7. The summed E-state index contributed by atoms with van der Waals surface area (Å²) in [5.74, 6) is 0.719. The molecule has 0 unspecified atom stereocenters. The lowest BCUT2D eigenvalue weighted by Gasteiger charge is -2.27. The normalized spacial score (nSPS) is 13.5. The fourth-order valence-corrected chi connectivity index (χ4v) is 3.37. The lowest BCUT2D eigenvalue weighted by Crippen LogP contribution is -2.38. The highest BCUT2D eigenvalue weighted by atomic mass is 16.2. The van der Waals surface area contributed by atoms with Crippen LogP contribution in [0.4, 0.5) is 0 Å². The second-order valence-corrected chi connectivity index (χ2v) is 6.76. The summed E-state index contributed by atoms with van der Waals surface area (Å²) in [6.07, 6.45) is 5.65. The Morgan fingerprint density at radius 1 is 1.07 bits per heavy atom. The van der Waals surface area contributed by atoms with Crippen molar-refractivity contribution in [1.82, 2.24) is 28.9 Å². The molecule has 0 fully saturated rings. The molecule has 0 aliphatic carbocycles. The monoisotopic (exact) mass is 366 g/mol. The first-order valence-corrected chi connectivity index (χ1v) is 8.88. The van der Waals surface area contributed by atoms with E-state index in [2.05, 4.69) is 14.9 Å². The fraction of sp³-hybridized carbons (Fsp3) is 0.316. The van der Waals surface area contributed by atoms with Crippen LogP contribution in [0.2, 0.25) is 0 Å². The first kappa shape index (κ1) is 17.1. The van der Waals surface area contributed by atoms with Gasteiger partial charge in [0.1, 0.15) is 17.2 Å². The molecule has 4 rings (SSSR count). The molecule has 0 saturated heterocycles. The molecule has 140 valence electrons. The average Bonchev–Trinajstić information content (AvgIpc) is 3.37. The van der Waals surface area contributed by atoms with Gasteiger partial charge in [-0.25, -0.2) is 4.98 Å². The van der Waals surface area contributed by atoms with E-state index < -0.39 is 0 Å². The van der Waals surface area contributed by atoms with Crippen LogP contribution in [-0.2, 0) is 33.7 Å². The molecule has 0 saturated carbocycles. The Morgan fingerprint density at radius 3 is 2.44 bits per heavy atom. The van der Waals surface area contributed by atoms with Crippen LogP contribution in [0.15, 0.2) is 42.9 Å². The maximum Gasteiger partial charge on any atom is 0.270 e. The van der Waals surface area contributed by atoms with E-state index in [0.717, 1.165) is 11.5 Å². The lowest BCUT2D eigenvalue weighted by atomic mass is 10.3. The number of amides is 2. The number of carbonyl (C=O) groups excluding carboxylic acids is 2. The van der Waals surface area contributed by atoms with Gasteiger partial charge in [-0.3, -0.25) is 9.59 Å². The summed E-state index contributed by atoms with van der Waals surface area (Å²) >= 11 is 0. The highest BCUT2D eigenvalue weighted by Crippen LogP contribution is 2.16. The zero-order valence-electron chi connectivity index (χ0n) is 15.4. The van der Waals surface area contributed by atoms with Gasteiger partial charge in [0.25, 0.3) is 11.8 Å².